The van der Waals surface area contributed by atoms with Crippen LogP contribution in [0.4, 0.5) is 0 Å². The third-order valence-corrected chi connectivity index (χ3v) is 4.22. The number of hydrogen-bond donors (Lipinski definition) is 1. The van der Waals surface area contributed by atoms with Crippen molar-refractivity contribution in [2.45, 2.75) is 19.8 Å². The Bertz CT molecular complexity index is 897. The second kappa shape index (κ2) is 6.71. The van der Waals surface area contributed by atoms with E-state index in [0.717, 1.165) is 21.9 Å². The smallest absolute Gasteiger partial charge is 0.336 e. The number of carbonyl (C=O) groups is 1. The van der Waals surface area contributed by atoms with E-state index in [9.17, 15) is 9.90 Å². The predicted octanol–water partition coefficient (Wildman–Crippen LogP) is 5.59. The molecule has 24 heavy (non-hydrogen) atoms. The van der Waals surface area contributed by atoms with Crippen LogP contribution < -0.4 is 0 Å². The first-order valence-corrected chi connectivity index (χ1v) is 8.09. The first-order valence-electron chi connectivity index (χ1n) is 8.09. The zero-order valence-electron chi connectivity index (χ0n) is 13.9. The Morgan fingerprint density at radius 2 is 1.58 bits per heavy atom. The van der Waals surface area contributed by atoms with Crippen LogP contribution in [0.3, 0.4) is 0 Å². The summed E-state index contributed by atoms with van der Waals surface area (Å²) in [5, 5.41) is 11.7. The summed E-state index contributed by atoms with van der Waals surface area (Å²) in [6.07, 6.45) is 1.74. The van der Waals surface area contributed by atoms with Gasteiger partial charge in [0.2, 0.25) is 0 Å². The van der Waals surface area contributed by atoms with Crippen molar-refractivity contribution in [3.05, 3.63) is 83.4 Å². The van der Waals surface area contributed by atoms with Crippen molar-refractivity contribution in [3.8, 4) is 0 Å². The van der Waals surface area contributed by atoms with Crippen molar-refractivity contribution < 1.29 is 9.90 Å². The fourth-order valence-corrected chi connectivity index (χ4v) is 2.86. The maximum absolute atomic E-state index is 11.9. The molecule has 0 spiro atoms. The predicted molar refractivity (Wildman–Crippen MR) is 100.0 cm³/mol. The Kier molecular flexibility index (Phi) is 4.48. The normalized spacial score (nSPS) is 11.9. The molecule has 0 saturated carbocycles. The average Bonchev–Trinajstić information content (AvgIpc) is 2.59. The molecule has 3 aromatic carbocycles. The average molecular weight is 316 g/mol. The van der Waals surface area contributed by atoms with E-state index in [1.165, 1.54) is 5.56 Å². The van der Waals surface area contributed by atoms with Gasteiger partial charge < -0.3 is 5.11 Å². The van der Waals surface area contributed by atoms with Crippen molar-refractivity contribution in [2.24, 2.45) is 0 Å². The van der Waals surface area contributed by atoms with Crippen LogP contribution in [0.2, 0.25) is 0 Å². The van der Waals surface area contributed by atoms with Crippen molar-refractivity contribution in [3.63, 3.8) is 0 Å². The Labute approximate surface area is 142 Å². The highest BCUT2D eigenvalue weighted by Gasteiger charge is 2.13. The molecule has 0 saturated heterocycles. The minimum Gasteiger partial charge on any atom is -0.478 e. The Hall–Kier alpha value is -2.87. The second-order valence-corrected chi connectivity index (χ2v) is 6.21. The number of carboxylic acids is 1. The van der Waals surface area contributed by atoms with Gasteiger partial charge in [0.05, 0.1) is 5.57 Å². The summed E-state index contributed by atoms with van der Waals surface area (Å²) in [4.78, 5) is 11.9. The minimum atomic E-state index is -0.917. The summed E-state index contributed by atoms with van der Waals surface area (Å²) in [6, 6.07) is 21.7. The molecule has 0 unspecified atom stereocenters. The third-order valence-electron chi connectivity index (χ3n) is 4.22. The highest BCUT2D eigenvalue weighted by molar-refractivity contribution is 6.23. The van der Waals surface area contributed by atoms with Gasteiger partial charge in [0.15, 0.2) is 0 Å². The van der Waals surface area contributed by atoms with Crippen molar-refractivity contribution >= 4 is 28.4 Å². The first kappa shape index (κ1) is 16.0. The Balaban J connectivity index is 2.11. The van der Waals surface area contributed by atoms with Gasteiger partial charge in [0.25, 0.3) is 0 Å². The van der Waals surface area contributed by atoms with E-state index in [0.29, 0.717) is 11.5 Å². The molecule has 120 valence electrons. The highest BCUT2D eigenvalue weighted by Crippen LogP contribution is 2.27. The van der Waals surface area contributed by atoms with Crippen LogP contribution in [-0.4, -0.2) is 11.1 Å². The standard InChI is InChI=1S/C22H20O2/c1-15(2)17-12-10-16(11-13-17)14-21(22(23)24)20-9-5-7-18-6-3-4-8-19(18)20/h3-15H,1-2H3,(H,23,24)/b21-14-. The number of fused-ring (bicyclic) bond motifs is 1. The molecule has 3 rings (SSSR count). The number of hydrogen-bond acceptors (Lipinski definition) is 1. The van der Waals surface area contributed by atoms with Crippen LogP contribution >= 0.6 is 0 Å². The molecule has 1 N–H and O–H groups in total. The monoisotopic (exact) mass is 316 g/mol. The van der Waals surface area contributed by atoms with Crippen molar-refractivity contribution in [1.29, 1.82) is 0 Å². The molecule has 0 aliphatic heterocycles. The summed E-state index contributed by atoms with van der Waals surface area (Å²) >= 11 is 0. The van der Waals surface area contributed by atoms with Crippen LogP contribution in [0.15, 0.2) is 66.7 Å². The molecule has 2 nitrogen and oxygen atoms in total. The molecule has 2 heteroatoms. The van der Waals surface area contributed by atoms with E-state index in [2.05, 4.69) is 26.0 Å². The molecule has 0 aromatic heterocycles. The van der Waals surface area contributed by atoms with E-state index in [4.69, 9.17) is 0 Å². The van der Waals surface area contributed by atoms with Gasteiger partial charge in [-0.1, -0.05) is 80.6 Å². The topological polar surface area (TPSA) is 37.3 Å². The molecule has 0 fully saturated rings. The lowest BCUT2D eigenvalue weighted by atomic mass is 9.96. The van der Waals surface area contributed by atoms with Gasteiger partial charge in [-0.05, 0) is 39.5 Å². The lowest BCUT2D eigenvalue weighted by Gasteiger charge is -2.09. The zero-order chi connectivity index (χ0) is 17.1. The molecule has 3 aromatic rings. The van der Waals surface area contributed by atoms with E-state index in [-0.39, 0.29) is 0 Å². The van der Waals surface area contributed by atoms with E-state index in [1.807, 2.05) is 54.6 Å². The fourth-order valence-electron chi connectivity index (χ4n) is 2.86. The van der Waals surface area contributed by atoms with Crippen LogP contribution in [0.5, 0.6) is 0 Å². The molecule has 0 heterocycles. The number of benzene rings is 3. The highest BCUT2D eigenvalue weighted by atomic mass is 16.4. The molecule has 0 amide bonds. The van der Waals surface area contributed by atoms with Crippen molar-refractivity contribution in [1.82, 2.24) is 0 Å². The van der Waals surface area contributed by atoms with Gasteiger partial charge in [-0.15, -0.1) is 0 Å². The Morgan fingerprint density at radius 1 is 0.917 bits per heavy atom. The molecule has 0 aliphatic carbocycles. The van der Waals surface area contributed by atoms with Gasteiger partial charge in [-0.25, -0.2) is 4.79 Å². The maximum atomic E-state index is 11.9. The van der Waals surface area contributed by atoms with Crippen molar-refractivity contribution in [2.75, 3.05) is 0 Å². The molecular weight excluding hydrogens is 296 g/mol. The molecular formula is C22H20O2. The Morgan fingerprint density at radius 3 is 2.25 bits per heavy atom. The summed E-state index contributed by atoms with van der Waals surface area (Å²) < 4.78 is 0. The summed E-state index contributed by atoms with van der Waals surface area (Å²) in [5.74, 6) is -0.459. The number of rotatable bonds is 4. The van der Waals surface area contributed by atoms with Gasteiger partial charge >= 0.3 is 5.97 Å². The number of aliphatic carboxylic acids is 1. The first-order chi connectivity index (χ1) is 11.6. The van der Waals surface area contributed by atoms with Crippen LogP contribution in [0.1, 0.15) is 36.5 Å². The van der Waals surface area contributed by atoms with Gasteiger partial charge in [-0.2, -0.15) is 0 Å². The molecule has 0 bridgehead atoms. The maximum Gasteiger partial charge on any atom is 0.336 e. The lowest BCUT2D eigenvalue weighted by Crippen LogP contribution is -2.00. The van der Waals surface area contributed by atoms with E-state index in [1.54, 1.807) is 6.08 Å². The molecule has 0 atom stereocenters. The lowest BCUT2D eigenvalue weighted by molar-refractivity contribution is -0.130. The minimum absolute atomic E-state index is 0.309. The zero-order valence-corrected chi connectivity index (χ0v) is 13.9. The van der Waals surface area contributed by atoms with Gasteiger partial charge in [-0.3, -0.25) is 0 Å². The van der Waals surface area contributed by atoms with Crippen LogP contribution in [0, 0.1) is 0 Å². The quantitative estimate of drug-likeness (QED) is 0.503. The SMILES string of the molecule is CC(C)c1ccc(/C=C(\C(=O)O)c2cccc3ccccc23)cc1. The van der Waals surface area contributed by atoms with E-state index >= 15 is 0 Å². The van der Waals surface area contributed by atoms with E-state index < -0.39 is 5.97 Å². The molecule has 0 aliphatic rings. The molecule has 0 radical (unpaired) electrons. The largest absolute Gasteiger partial charge is 0.478 e. The van der Waals surface area contributed by atoms with Gasteiger partial charge in [0.1, 0.15) is 0 Å². The summed E-state index contributed by atoms with van der Waals surface area (Å²) in [5.41, 5.74) is 3.19. The summed E-state index contributed by atoms with van der Waals surface area (Å²) in [7, 11) is 0. The number of carboxylic acid groups (broad SMARTS) is 1. The third kappa shape index (κ3) is 3.23. The van der Waals surface area contributed by atoms with Crippen LogP contribution in [0.25, 0.3) is 22.4 Å². The van der Waals surface area contributed by atoms with Crippen LogP contribution in [-0.2, 0) is 4.79 Å². The summed E-state index contributed by atoms with van der Waals surface area (Å²) in [6.45, 7) is 4.28. The second-order valence-electron chi connectivity index (χ2n) is 6.21. The fraction of sp³-hybridized carbons (Fsp3) is 0.136. The van der Waals surface area contributed by atoms with Gasteiger partial charge in [0, 0.05) is 0 Å².